The van der Waals surface area contributed by atoms with Crippen molar-refractivity contribution < 1.29 is 8.42 Å². The minimum atomic E-state index is -3.30. The molecule has 0 aliphatic rings. The van der Waals surface area contributed by atoms with Crippen molar-refractivity contribution in [2.75, 3.05) is 19.6 Å². The molecule has 1 heterocycles. The van der Waals surface area contributed by atoms with E-state index in [1.165, 1.54) is 11.3 Å². The van der Waals surface area contributed by atoms with Gasteiger partial charge < -0.3 is 5.32 Å². The molecule has 0 unspecified atom stereocenters. The van der Waals surface area contributed by atoms with Crippen molar-refractivity contribution in [3.05, 3.63) is 17.0 Å². The van der Waals surface area contributed by atoms with E-state index in [1.54, 1.807) is 10.4 Å². The van der Waals surface area contributed by atoms with E-state index in [1.807, 2.05) is 19.9 Å². The average Bonchev–Trinajstić information content (AvgIpc) is 2.84. The largest absolute Gasteiger partial charge is 0.314 e. The molecule has 1 rings (SSSR count). The topological polar surface area (TPSA) is 49.4 Å². The van der Waals surface area contributed by atoms with Gasteiger partial charge in [-0.1, -0.05) is 27.7 Å². The first kappa shape index (κ1) is 17.6. The summed E-state index contributed by atoms with van der Waals surface area (Å²) in [5, 5.41) is 3.34. The molecule has 0 bridgehead atoms. The van der Waals surface area contributed by atoms with Gasteiger partial charge in [-0.05, 0) is 25.0 Å². The van der Waals surface area contributed by atoms with Crippen LogP contribution in [0.3, 0.4) is 0 Å². The summed E-state index contributed by atoms with van der Waals surface area (Å²) in [4.78, 5) is 1.12. The van der Waals surface area contributed by atoms with Crippen LogP contribution in [0, 0.1) is 0 Å². The van der Waals surface area contributed by atoms with E-state index >= 15 is 0 Å². The molecule has 0 spiro atoms. The van der Waals surface area contributed by atoms with E-state index in [-0.39, 0.29) is 0 Å². The van der Waals surface area contributed by atoms with E-state index in [2.05, 4.69) is 19.2 Å². The maximum atomic E-state index is 12.5. The van der Waals surface area contributed by atoms with E-state index < -0.39 is 10.0 Å². The van der Waals surface area contributed by atoms with Gasteiger partial charge in [-0.3, -0.25) is 0 Å². The van der Waals surface area contributed by atoms with E-state index in [4.69, 9.17) is 0 Å². The molecule has 0 aliphatic heterocycles. The Hall–Kier alpha value is -0.430. The van der Waals surface area contributed by atoms with Gasteiger partial charge in [0.05, 0.1) is 0 Å². The van der Waals surface area contributed by atoms with Crippen LogP contribution in [0.5, 0.6) is 0 Å². The Balaban J connectivity index is 2.74. The lowest BCUT2D eigenvalue weighted by atomic mass is 10.3. The Morgan fingerprint density at radius 1 is 1.30 bits per heavy atom. The second kappa shape index (κ2) is 8.12. The number of thiophene rings is 1. The molecule has 116 valence electrons. The monoisotopic (exact) mass is 318 g/mol. The third-order valence-electron chi connectivity index (χ3n) is 2.98. The van der Waals surface area contributed by atoms with Gasteiger partial charge in [-0.15, -0.1) is 11.3 Å². The zero-order valence-corrected chi connectivity index (χ0v) is 14.5. The summed E-state index contributed by atoms with van der Waals surface area (Å²) < 4.78 is 27.0. The molecule has 0 aromatic carbocycles. The number of nitrogens with zero attached hydrogens (tertiary/aromatic N) is 1. The maximum absolute atomic E-state index is 12.5. The molecule has 4 nitrogen and oxygen atoms in total. The highest BCUT2D eigenvalue weighted by Crippen LogP contribution is 2.25. The van der Waals surface area contributed by atoms with Crippen LogP contribution in [0.4, 0.5) is 0 Å². The molecule has 1 N–H and O–H groups in total. The number of hydrogen-bond acceptors (Lipinski definition) is 4. The van der Waals surface area contributed by atoms with Crippen molar-refractivity contribution in [3.63, 3.8) is 0 Å². The van der Waals surface area contributed by atoms with Crippen molar-refractivity contribution in [2.45, 2.75) is 50.8 Å². The Bertz CT molecular complexity index is 495. The first-order chi connectivity index (χ1) is 9.41. The predicted molar refractivity (Wildman–Crippen MR) is 85.9 cm³/mol. The first-order valence-electron chi connectivity index (χ1n) is 7.24. The molecule has 0 amide bonds. The molecular weight excluding hydrogens is 292 g/mol. The number of rotatable bonds is 9. The first-order valence-corrected chi connectivity index (χ1v) is 9.49. The molecule has 1 aromatic rings. The zero-order valence-electron chi connectivity index (χ0n) is 12.8. The highest BCUT2D eigenvalue weighted by molar-refractivity contribution is 7.91. The fraction of sp³-hybridized carbons (Fsp3) is 0.714. The lowest BCUT2D eigenvalue weighted by Crippen LogP contribution is -2.31. The standard InChI is InChI=1S/C14H26N2O2S2/c1-5-11-16(6-2)20(17,18)14-8-7-13(19-14)9-10-15-12(3)4/h7-8,12,15H,5-6,9-11H2,1-4H3. The fourth-order valence-electron chi connectivity index (χ4n) is 1.94. The lowest BCUT2D eigenvalue weighted by Gasteiger charge is -2.18. The number of sulfonamides is 1. The number of hydrogen-bond donors (Lipinski definition) is 1. The summed E-state index contributed by atoms with van der Waals surface area (Å²) in [5.41, 5.74) is 0. The average molecular weight is 319 g/mol. The highest BCUT2D eigenvalue weighted by Gasteiger charge is 2.23. The third-order valence-corrected chi connectivity index (χ3v) is 6.57. The van der Waals surface area contributed by atoms with E-state index in [0.29, 0.717) is 23.3 Å². The molecule has 0 aliphatic carbocycles. The van der Waals surface area contributed by atoms with Crippen molar-refractivity contribution in [1.82, 2.24) is 9.62 Å². The van der Waals surface area contributed by atoms with Crippen LogP contribution in [0.2, 0.25) is 0 Å². The molecule has 6 heteroatoms. The second-order valence-electron chi connectivity index (χ2n) is 5.08. The van der Waals surface area contributed by atoms with Crippen molar-refractivity contribution >= 4 is 21.4 Å². The quantitative estimate of drug-likeness (QED) is 0.761. The molecule has 20 heavy (non-hydrogen) atoms. The summed E-state index contributed by atoms with van der Waals surface area (Å²) >= 11 is 1.39. The van der Waals surface area contributed by atoms with Crippen molar-refractivity contribution in [1.29, 1.82) is 0 Å². The van der Waals surface area contributed by atoms with Crippen molar-refractivity contribution in [3.8, 4) is 0 Å². The summed E-state index contributed by atoms with van der Waals surface area (Å²) in [5.74, 6) is 0. The Morgan fingerprint density at radius 3 is 2.55 bits per heavy atom. The van der Waals surface area contributed by atoms with E-state index in [9.17, 15) is 8.42 Å². The highest BCUT2D eigenvalue weighted by atomic mass is 32.2. The van der Waals surface area contributed by atoms with Gasteiger partial charge in [0.2, 0.25) is 0 Å². The molecule has 0 radical (unpaired) electrons. The smallest absolute Gasteiger partial charge is 0.252 e. The van der Waals surface area contributed by atoms with Crippen LogP contribution in [-0.2, 0) is 16.4 Å². The minimum absolute atomic E-state index is 0.457. The molecule has 0 saturated heterocycles. The summed E-state index contributed by atoms with van der Waals surface area (Å²) in [6.45, 7) is 10.1. The maximum Gasteiger partial charge on any atom is 0.252 e. The van der Waals surface area contributed by atoms with Gasteiger partial charge >= 0.3 is 0 Å². The van der Waals surface area contributed by atoms with Gasteiger partial charge in [0.15, 0.2) is 0 Å². The van der Waals surface area contributed by atoms with Gasteiger partial charge in [0, 0.05) is 30.6 Å². The molecule has 1 aromatic heterocycles. The molecule has 0 saturated carbocycles. The number of nitrogens with one attached hydrogen (secondary N) is 1. The van der Waals surface area contributed by atoms with Crippen molar-refractivity contribution in [2.24, 2.45) is 0 Å². The second-order valence-corrected chi connectivity index (χ2v) is 8.41. The van der Waals surface area contributed by atoms with Crippen LogP contribution in [0.1, 0.15) is 39.0 Å². The Labute approximate surface area is 127 Å². The van der Waals surface area contributed by atoms with Crippen LogP contribution in [-0.4, -0.2) is 38.4 Å². The van der Waals surface area contributed by atoms with Gasteiger partial charge in [-0.2, -0.15) is 4.31 Å². The lowest BCUT2D eigenvalue weighted by molar-refractivity contribution is 0.428. The normalized spacial score (nSPS) is 12.5. The minimum Gasteiger partial charge on any atom is -0.314 e. The predicted octanol–water partition coefficient (Wildman–Crippen LogP) is 2.71. The van der Waals surface area contributed by atoms with Crippen LogP contribution in [0.15, 0.2) is 16.3 Å². The Kier molecular flexibility index (Phi) is 7.15. The third kappa shape index (κ3) is 4.84. The summed E-state index contributed by atoms with van der Waals surface area (Å²) in [7, 11) is -3.30. The molecule has 0 atom stereocenters. The summed E-state index contributed by atoms with van der Waals surface area (Å²) in [6, 6.07) is 4.13. The van der Waals surface area contributed by atoms with Crippen LogP contribution in [0.25, 0.3) is 0 Å². The van der Waals surface area contributed by atoms with Crippen LogP contribution < -0.4 is 5.32 Å². The van der Waals surface area contributed by atoms with Gasteiger partial charge in [0.25, 0.3) is 10.0 Å². The van der Waals surface area contributed by atoms with E-state index in [0.717, 1.165) is 24.3 Å². The summed E-state index contributed by atoms with van der Waals surface area (Å²) in [6.07, 6.45) is 1.71. The van der Waals surface area contributed by atoms with Crippen LogP contribution >= 0.6 is 11.3 Å². The SMILES string of the molecule is CCCN(CC)S(=O)(=O)c1ccc(CCNC(C)C)s1. The Morgan fingerprint density at radius 2 is 2.00 bits per heavy atom. The molecule has 0 fully saturated rings. The van der Waals surface area contributed by atoms with Gasteiger partial charge in [-0.25, -0.2) is 8.42 Å². The molecular formula is C14H26N2O2S2. The fourth-order valence-corrected chi connectivity index (χ4v) is 4.99. The zero-order chi connectivity index (χ0) is 15.2. The van der Waals surface area contributed by atoms with Gasteiger partial charge in [0.1, 0.15) is 4.21 Å².